The molecule has 1 atom stereocenters. The zero-order valence-corrected chi connectivity index (χ0v) is 15.8. The van der Waals surface area contributed by atoms with Crippen LogP contribution in [0.4, 0.5) is 0 Å². The Hall–Kier alpha value is -1.10. The molecule has 0 amide bonds. The van der Waals surface area contributed by atoms with Gasteiger partial charge in [0.05, 0.1) is 6.61 Å². The number of ether oxygens (including phenoxy) is 2. The molecule has 3 rings (SSSR count). The van der Waals surface area contributed by atoms with Crippen molar-refractivity contribution in [2.75, 3.05) is 46.5 Å². The fourth-order valence-corrected chi connectivity index (χ4v) is 4.11. The summed E-state index contributed by atoms with van der Waals surface area (Å²) >= 11 is 0. The number of hydrogen-bond donors (Lipinski definition) is 0. The number of methoxy groups -OCH3 is 1. The van der Waals surface area contributed by atoms with Gasteiger partial charge < -0.3 is 9.47 Å². The summed E-state index contributed by atoms with van der Waals surface area (Å²) in [6.45, 7) is 7.26. The first kappa shape index (κ1) is 18.7. The van der Waals surface area contributed by atoms with E-state index in [1.165, 1.54) is 57.2 Å². The molecule has 1 aromatic rings. The lowest BCUT2D eigenvalue weighted by Gasteiger charge is -2.35. The zero-order valence-electron chi connectivity index (χ0n) is 15.8. The van der Waals surface area contributed by atoms with Gasteiger partial charge in [0.15, 0.2) is 0 Å². The highest BCUT2D eigenvalue weighted by atomic mass is 16.5. The Morgan fingerprint density at radius 2 is 1.80 bits per heavy atom. The Balaban J connectivity index is 1.54. The van der Waals surface area contributed by atoms with Crippen molar-refractivity contribution in [1.29, 1.82) is 0 Å². The average molecular weight is 347 g/mol. The number of rotatable bonds is 8. The number of para-hydroxylation sites is 1. The van der Waals surface area contributed by atoms with E-state index in [1.807, 2.05) is 7.11 Å². The van der Waals surface area contributed by atoms with Gasteiger partial charge in [0.2, 0.25) is 0 Å². The molecule has 1 aromatic carbocycles. The lowest BCUT2D eigenvalue weighted by molar-refractivity contribution is 0.0593. The maximum absolute atomic E-state index is 6.18. The van der Waals surface area contributed by atoms with Gasteiger partial charge in [-0.05, 0) is 51.4 Å². The Morgan fingerprint density at radius 1 is 1.00 bits per heavy atom. The molecule has 0 bridgehead atoms. The van der Waals surface area contributed by atoms with E-state index in [2.05, 4.69) is 34.1 Å². The quantitative estimate of drug-likeness (QED) is 0.719. The average Bonchev–Trinajstić information content (AvgIpc) is 2.66. The Morgan fingerprint density at radius 3 is 2.64 bits per heavy atom. The molecule has 2 aliphatic rings. The minimum Gasteiger partial charge on any atom is -0.492 e. The summed E-state index contributed by atoms with van der Waals surface area (Å²) in [5.74, 6) is 1.06. The van der Waals surface area contributed by atoms with Gasteiger partial charge >= 0.3 is 0 Å². The van der Waals surface area contributed by atoms with Crippen LogP contribution in [0.25, 0.3) is 0 Å². The summed E-state index contributed by atoms with van der Waals surface area (Å²) in [6.07, 6.45) is 7.92. The molecule has 0 aromatic heterocycles. The highest BCUT2D eigenvalue weighted by Gasteiger charge is 2.23. The number of nitrogens with zero attached hydrogens (tertiary/aromatic N) is 2. The first-order valence-electron chi connectivity index (χ1n) is 10.0. The molecular weight excluding hydrogens is 312 g/mol. The van der Waals surface area contributed by atoms with E-state index in [0.717, 1.165) is 38.6 Å². The van der Waals surface area contributed by atoms with Crippen LogP contribution < -0.4 is 4.74 Å². The second kappa shape index (κ2) is 10.1. The molecule has 0 radical (unpaired) electrons. The Kier molecular flexibility index (Phi) is 7.58. The normalized spacial score (nSPS) is 22.8. The van der Waals surface area contributed by atoms with Crippen molar-refractivity contribution < 1.29 is 9.47 Å². The van der Waals surface area contributed by atoms with E-state index in [4.69, 9.17) is 9.47 Å². The first-order valence-corrected chi connectivity index (χ1v) is 10.0. The molecular formula is C21H34N2O2. The third-order valence-electron chi connectivity index (χ3n) is 5.57. The van der Waals surface area contributed by atoms with Crippen LogP contribution in [-0.2, 0) is 11.3 Å². The molecule has 0 unspecified atom stereocenters. The van der Waals surface area contributed by atoms with E-state index < -0.39 is 0 Å². The standard InChI is InChI=1S/C21H34N2O2/c1-24-18-20-10-5-8-14-23(20)17-19-9-3-4-11-21(19)25-16-15-22-12-6-2-7-13-22/h3-4,9,11,20H,2,5-8,10,12-18H2,1H3/t20-/m0/s1. The van der Waals surface area contributed by atoms with Gasteiger partial charge in [-0.1, -0.05) is 31.0 Å². The summed E-state index contributed by atoms with van der Waals surface area (Å²) in [4.78, 5) is 5.10. The topological polar surface area (TPSA) is 24.9 Å². The highest BCUT2D eigenvalue weighted by molar-refractivity contribution is 5.33. The molecule has 0 saturated carbocycles. The minimum absolute atomic E-state index is 0.542. The summed E-state index contributed by atoms with van der Waals surface area (Å²) < 4.78 is 11.6. The molecule has 140 valence electrons. The van der Waals surface area contributed by atoms with Crippen molar-refractivity contribution >= 4 is 0 Å². The second-order valence-corrected chi connectivity index (χ2v) is 7.43. The van der Waals surface area contributed by atoms with Crippen LogP contribution in [0.1, 0.15) is 44.1 Å². The molecule has 4 nitrogen and oxygen atoms in total. The van der Waals surface area contributed by atoms with Crippen molar-refractivity contribution in [3.63, 3.8) is 0 Å². The molecule has 2 aliphatic heterocycles. The smallest absolute Gasteiger partial charge is 0.123 e. The number of piperidine rings is 2. The van der Waals surface area contributed by atoms with Crippen LogP contribution in [0.2, 0.25) is 0 Å². The van der Waals surface area contributed by atoms with Crippen LogP contribution in [0, 0.1) is 0 Å². The molecule has 2 heterocycles. The molecule has 0 aliphatic carbocycles. The largest absolute Gasteiger partial charge is 0.492 e. The molecule has 2 saturated heterocycles. The first-order chi connectivity index (χ1) is 12.4. The van der Waals surface area contributed by atoms with Gasteiger partial charge in [0.1, 0.15) is 12.4 Å². The fourth-order valence-electron chi connectivity index (χ4n) is 4.11. The van der Waals surface area contributed by atoms with Crippen LogP contribution in [0.15, 0.2) is 24.3 Å². The van der Waals surface area contributed by atoms with Gasteiger partial charge in [-0.25, -0.2) is 0 Å². The lowest BCUT2D eigenvalue weighted by atomic mass is 10.0. The number of benzene rings is 1. The van der Waals surface area contributed by atoms with Crippen molar-refractivity contribution in [1.82, 2.24) is 9.80 Å². The monoisotopic (exact) mass is 346 g/mol. The van der Waals surface area contributed by atoms with Crippen molar-refractivity contribution in [2.45, 2.75) is 51.1 Å². The third-order valence-corrected chi connectivity index (χ3v) is 5.57. The van der Waals surface area contributed by atoms with Crippen LogP contribution >= 0.6 is 0 Å². The zero-order chi connectivity index (χ0) is 17.3. The highest BCUT2D eigenvalue weighted by Crippen LogP contribution is 2.25. The molecule has 0 N–H and O–H groups in total. The van der Waals surface area contributed by atoms with Gasteiger partial charge in [-0.2, -0.15) is 0 Å². The predicted molar refractivity (Wildman–Crippen MR) is 102 cm³/mol. The molecule has 2 fully saturated rings. The number of likely N-dealkylation sites (tertiary alicyclic amines) is 2. The van der Waals surface area contributed by atoms with Crippen molar-refractivity contribution in [3.8, 4) is 5.75 Å². The summed E-state index contributed by atoms with van der Waals surface area (Å²) in [6, 6.07) is 9.10. The maximum Gasteiger partial charge on any atom is 0.123 e. The number of hydrogen-bond acceptors (Lipinski definition) is 4. The van der Waals surface area contributed by atoms with Crippen molar-refractivity contribution in [3.05, 3.63) is 29.8 Å². The lowest BCUT2D eigenvalue weighted by Crippen LogP contribution is -2.41. The van der Waals surface area contributed by atoms with E-state index in [0.29, 0.717) is 6.04 Å². The van der Waals surface area contributed by atoms with Gasteiger partial charge in [0.25, 0.3) is 0 Å². The van der Waals surface area contributed by atoms with Gasteiger partial charge in [-0.15, -0.1) is 0 Å². The Labute approximate surface area is 153 Å². The van der Waals surface area contributed by atoms with Crippen LogP contribution in [-0.4, -0.2) is 62.3 Å². The summed E-state index contributed by atoms with van der Waals surface area (Å²) in [7, 11) is 1.81. The minimum atomic E-state index is 0.542. The fraction of sp³-hybridized carbons (Fsp3) is 0.714. The van der Waals surface area contributed by atoms with Crippen molar-refractivity contribution in [2.24, 2.45) is 0 Å². The Bertz CT molecular complexity index is 500. The van der Waals surface area contributed by atoms with E-state index in [-0.39, 0.29) is 0 Å². The van der Waals surface area contributed by atoms with E-state index >= 15 is 0 Å². The third kappa shape index (κ3) is 5.70. The van der Waals surface area contributed by atoms with Gasteiger partial charge in [-0.3, -0.25) is 9.80 Å². The SMILES string of the molecule is COC[C@@H]1CCCCN1Cc1ccccc1OCCN1CCCCC1. The predicted octanol–water partition coefficient (Wildman–Crippen LogP) is 3.55. The second-order valence-electron chi connectivity index (χ2n) is 7.43. The summed E-state index contributed by atoms with van der Waals surface area (Å²) in [5, 5.41) is 0. The van der Waals surface area contributed by atoms with E-state index in [1.54, 1.807) is 0 Å². The summed E-state index contributed by atoms with van der Waals surface area (Å²) in [5.41, 5.74) is 1.31. The molecule has 0 spiro atoms. The van der Waals surface area contributed by atoms with Crippen LogP contribution in [0.3, 0.4) is 0 Å². The van der Waals surface area contributed by atoms with Gasteiger partial charge in [0, 0.05) is 31.8 Å². The molecule has 4 heteroatoms. The van der Waals surface area contributed by atoms with Crippen LogP contribution in [0.5, 0.6) is 5.75 Å². The van der Waals surface area contributed by atoms with E-state index in [9.17, 15) is 0 Å². The maximum atomic E-state index is 6.18. The molecule has 25 heavy (non-hydrogen) atoms.